The Bertz CT molecular complexity index is 898. The van der Waals surface area contributed by atoms with Gasteiger partial charge in [-0.3, -0.25) is 20.4 Å². The van der Waals surface area contributed by atoms with Crippen molar-refractivity contribution in [3.05, 3.63) is 57.8 Å². The Balaban J connectivity index is 2.13. The maximum atomic E-state index is 14.0. The van der Waals surface area contributed by atoms with E-state index in [-0.39, 0.29) is 16.5 Å². The maximum Gasteiger partial charge on any atom is 0.294 e. The number of nitrogens with zero attached hydrogens (tertiary/aromatic N) is 2. The van der Waals surface area contributed by atoms with Gasteiger partial charge in [-0.15, -0.1) is 0 Å². The van der Waals surface area contributed by atoms with Gasteiger partial charge in [0.05, 0.1) is 0 Å². The number of thiocarbonyl (C=S) groups is 1. The summed E-state index contributed by atoms with van der Waals surface area (Å²) in [5.74, 6) is -0.765. The molecule has 2 rings (SSSR count). The van der Waals surface area contributed by atoms with Crippen molar-refractivity contribution in [1.29, 1.82) is 0 Å². The number of hydrogen-bond acceptors (Lipinski definition) is 4. The number of aryl methyl sites for hydroxylation is 1. The second kappa shape index (κ2) is 9.22. The molecule has 0 atom stereocenters. The molecule has 3 N–H and O–H groups in total. The summed E-state index contributed by atoms with van der Waals surface area (Å²) in [6, 6.07) is 7.19. The molecule has 7 nitrogen and oxygen atoms in total. The summed E-state index contributed by atoms with van der Waals surface area (Å²) in [6.07, 6.45) is 0.919. The monoisotopic (exact) mass is 391 g/mol. The summed E-state index contributed by atoms with van der Waals surface area (Å²) in [6.45, 7) is 6.43. The van der Waals surface area contributed by atoms with Gasteiger partial charge < -0.3 is 5.32 Å². The van der Waals surface area contributed by atoms with Gasteiger partial charge in [0.2, 0.25) is 5.43 Å². The summed E-state index contributed by atoms with van der Waals surface area (Å²) >= 11 is 5.06. The quantitative estimate of drug-likeness (QED) is 0.532. The molecule has 2 aromatic rings. The van der Waals surface area contributed by atoms with Crippen molar-refractivity contribution in [3.8, 4) is 5.69 Å². The average molecular weight is 391 g/mol. The van der Waals surface area contributed by atoms with Gasteiger partial charge in [0.15, 0.2) is 10.8 Å². The molecule has 0 unspecified atom stereocenters. The average Bonchev–Trinajstić information content (AvgIpc) is 2.60. The fourth-order valence-corrected chi connectivity index (χ4v) is 2.42. The normalized spacial score (nSPS) is 10.6. The molecule has 0 saturated carbocycles. The van der Waals surface area contributed by atoms with E-state index in [9.17, 15) is 14.0 Å². The predicted molar refractivity (Wildman–Crippen MR) is 105 cm³/mol. The molecule has 0 radical (unpaired) electrons. The molecule has 0 aliphatic heterocycles. The second-order valence-electron chi connectivity index (χ2n) is 6.38. The number of para-hydroxylation sites is 1. The number of nitrogens with one attached hydrogen (secondary N) is 3. The topological polar surface area (TPSA) is 88.1 Å². The predicted octanol–water partition coefficient (Wildman–Crippen LogP) is 1.84. The van der Waals surface area contributed by atoms with Crippen molar-refractivity contribution in [2.75, 3.05) is 6.54 Å². The first-order chi connectivity index (χ1) is 12.8. The highest BCUT2D eigenvalue weighted by molar-refractivity contribution is 7.80. The first-order valence-corrected chi connectivity index (χ1v) is 8.90. The summed E-state index contributed by atoms with van der Waals surface area (Å²) < 4.78 is 15.3. The number of amides is 1. The standard InChI is InChI=1S/C18H22FN5O2S/c1-11(2)8-9-20-18(27)22-21-17(26)16-15(25)10-12(3)24(23-16)14-7-5-4-6-13(14)19/h4-7,10-11H,8-9H2,1-3H3,(H,21,26)(H2,20,22,27). The zero-order valence-electron chi connectivity index (χ0n) is 15.4. The molecule has 0 saturated heterocycles. The smallest absolute Gasteiger partial charge is 0.294 e. The zero-order valence-corrected chi connectivity index (χ0v) is 16.2. The number of carbonyl (C=O) groups excluding carboxylic acids is 1. The Kier molecular flexibility index (Phi) is 7.00. The molecule has 0 fully saturated rings. The molecule has 1 aromatic heterocycles. The molecule has 0 bridgehead atoms. The third kappa shape index (κ3) is 5.58. The molecule has 0 spiro atoms. The Labute approximate surface area is 161 Å². The van der Waals surface area contributed by atoms with Crippen molar-refractivity contribution >= 4 is 23.2 Å². The molecule has 0 aliphatic rings. The maximum absolute atomic E-state index is 14.0. The minimum absolute atomic E-state index is 0.142. The lowest BCUT2D eigenvalue weighted by molar-refractivity contribution is 0.0935. The largest absolute Gasteiger partial charge is 0.361 e. The van der Waals surface area contributed by atoms with Crippen LogP contribution in [0.3, 0.4) is 0 Å². The fraction of sp³-hybridized carbons (Fsp3) is 0.333. The lowest BCUT2D eigenvalue weighted by atomic mass is 10.1. The molecule has 1 heterocycles. The summed E-state index contributed by atoms with van der Waals surface area (Å²) in [5.41, 5.74) is 4.45. The van der Waals surface area contributed by atoms with Crippen LogP contribution in [0.2, 0.25) is 0 Å². The van der Waals surface area contributed by atoms with Crippen LogP contribution in [0.25, 0.3) is 5.69 Å². The Morgan fingerprint density at radius 2 is 2.00 bits per heavy atom. The van der Waals surface area contributed by atoms with Crippen molar-refractivity contribution in [2.45, 2.75) is 27.2 Å². The van der Waals surface area contributed by atoms with Crippen LogP contribution in [0.1, 0.15) is 36.5 Å². The van der Waals surface area contributed by atoms with E-state index in [2.05, 4.69) is 35.1 Å². The van der Waals surface area contributed by atoms with Gasteiger partial charge in [-0.25, -0.2) is 9.07 Å². The number of hydrazine groups is 1. The second-order valence-corrected chi connectivity index (χ2v) is 6.79. The van der Waals surface area contributed by atoms with E-state index in [0.717, 1.165) is 6.42 Å². The molecular weight excluding hydrogens is 369 g/mol. The SMILES string of the molecule is Cc1cc(=O)c(C(=O)NNC(=S)NCCC(C)C)nn1-c1ccccc1F. The molecule has 1 aromatic carbocycles. The van der Waals surface area contributed by atoms with Crippen LogP contribution >= 0.6 is 12.2 Å². The van der Waals surface area contributed by atoms with Gasteiger partial charge >= 0.3 is 0 Å². The molecule has 9 heteroatoms. The summed E-state index contributed by atoms with van der Waals surface area (Å²) in [4.78, 5) is 24.4. The number of aromatic nitrogens is 2. The highest BCUT2D eigenvalue weighted by Crippen LogP contribution is 2.12. The molecule has 144 valence electrons. The highest BCUT2D eigenvalue weighted by Gasteiger charge is 2.16. The van der Waals surface area contributed by atoms with Crippen LogP contribution in [0, 0.1) is 18.7 Å². The Morgan fingerprint density at radius 3 is 2.67 bits per heavy atom. The Morgan fingerprint density at radius 1 is 1.30 bits per heavy atom. The van der Waals surface area contributed by atoms with Gasteiger partial charge in [0.1, 0.15) is 11.5 Å². The van der Waals surface area contributed by atoms with Crippen LogP contribution in [0.5, 0.6) is 0 Å². The minimum atomic E-state index is -0.766. The molecule has 0 aliphatic carbocycles. The van der Waals surface area contributed by atoms with E-state index < -0.39 is 17.2 Å². The number of benzene rings is 1. The first kappa shape index (κ1) is 20.5. The minimum Gasteiger partial charge on any atom is -0.361 e. The third-order valence-electron chi connectivity index (χ3n) is 3.70. The highest BCUT2D eigenvalue weighted by atomic mass is 32.1. The third-order valence-corrected chi connectivity index (χ3v) is 3.95. The van der Waals surface area contributed by atoms with Crippen LogP contribution in [-0.2, 0) is 0 Å². The van der Waals surface area contributed by atoms with Crippen molar-refractivity contribution in [3.63, 3.8) is 0 Å². The van der Waals surface area contributed by atoms with Crippen LogP contribution in [0.15, 0.2) is 35.1 Å². The zero-order chi connectivity index (χ0) is 20.0. The van der Waals surface area contributed by atoms with Crippen molar-refractivity contribution in [2.24, 2.45) is 5.92 Å². The Hall–Kier alpha value is -2.81. The van der Waals surface area contributed by atoms with Gasteiger partial charge in [-0.2, -0.15) is 5.10 Å². The molecule has 1 amide bonds. The van der Waals surface area contributed by atoms with Crippen LogP contribution in [0.4, 0.5) is 4.39 Å². The number of rotatable bonds is 5. The van der Waals surface area contributed by atoms with E-state index in [1.54, 1.807) is 19.1 Å². The molecular formula is C18H22FN5O2S. The van der Waals surface area contributed by atoms with Gasteiger partial charge in [0, 0.05) is 18.3 Å². The van der Waals surface area contributed by atoms with E-state index in [1.165, 1.54) is 22.9 Å². The van der Waals surface area contributed by atoms with E-state index in [1.807, 2.05) is 0 Å². The van der Waals surface area contributed by atoms with Gasteiger partial charge in [-0.05, 0) is 43.6 Å². The van der Waals surface area contributed by atoms with E-state index >= 15 is 0 Å². The van der Waals surface area contributed by atoms with E-state index in [0.29, 0.717) is 18.2 Å². The fourth-order valence-electron chi connectivity index (χ4n) is 2.26. The molecule has 27 heavy (non-hydrogen) atoms. The van der Waals surface area contributed by atoms with Gasteiger partial charge in [-0.1, -0.05) is 26.0 Å². The summed E-state index contributed by atoms with van der Waals surface area (Å²) in [5, 5.41) is 7.18. The number of carbonyl (C=O) groups is 1. The van der Waals surface area contributed by atoms with Gasteiger partial charge in [0.25, 0.3) is 5.91 Å². The van der Waals surface area contributed by atoms with Crippen LogP contribution in [-0.4, -0.2) is 27.3 Å². The lowest BCUT2D eigenvalue weighted by Gasteiger charge is -2.14. The number of halogens is 1. The van der Waals surface area contributed by atoms with E-state index in [4.69, 9.17) is 12.2 Å². The first-order valence-electron chi connectivity index (χ1n) is 8.49. The van der Waals surface area contributed by atoms with Crippen molar-refractivity contribution < 1.29 is 9.18 Å². The summed E-state index contributed by atoms with van der Waals surface area (Å²) in [7, 11) is 0. The lowest BCUT2D eigenvalue weighted by Crippen LogP contribution is -2.48. The number of hydrogen-bond donors (Lipinski definition) is 3. The van der Waals surface area contributed by atoms with Crippen LogP contribution < -0.4 is 21.6 Å². The van der Waals surface area contributed by atoms with Crippen molar-refractivity contribution in [1.82, 2.24) is 25.9 Å².